The quantitative estimate of drug-likeness (QED) is 0.781. The molecule has 0 unspecified atom stereocenters. The second-order valence-electron chi connectivity index (χ2n) is 5.66. The fraction of sp³-hybridized carbons (Fsp3) is 0.100. The zero-order valence-corrected chi connectivity index (χ0v) is 14.5. The van der Waals surface area contributed by atoms with E-state index in [1.54, 1.807) is 37.3 Å². The molecule has 6 nitrogen and oxygen atoms in total. The monoisotopic (exact) mass is 343 g/mol. The molecular formula is C20H17N5O. The van der Waals surface area contributed by atoms with Crippen LogP contribution in [0.1, 0.15) is 21.9 Å². The third-order valence-corrected chi connectivity index (χ3v) is 3.84. The van der Waals surface area contributed by atoms with Gasteiger partial charge in [0.25, 0.3) is 5.91 Å². The van der Waals surface area contributed by atoms with Crippen molar-refractivity contribution < 1.29 is 4.79 Å². The molecule has 0 atom stereocenters. The Labute approximate surface area is 151 Å². The Bertz CT molecular complexity index is 979. The molecule has 0 spiro atoms. The highest BCUT2D eigenvalue weighted by molar-refractivity contribution is 6.04. The fourth-order valence-electron chi connectivity index (χ4n) is 2.50. The first-order valence-corrected chi connectivity index (χ1v) is 8.03. The second kappa shape index (κ2) is 7.45. The van der Waals surface area contributed by atoms with Gasteiger partial charge in [-0.25, -0.2) is 9.97 Å². The van der Waals surface area contributed by atoms with Crippen LogP contribution in [-0.4, -0.2) is 22.9 Å². The molecule has 0 saturated heterocycles. The maximum Gasteiger partial charge on any atom is 0.274 e. The summed E-state index contributed by atoms with van der Waals surface area (Å²) in [6, 6.07) is 20.3. The summed E-state index contributed by atoms with van der Waals surface area (Å²) >= 11 is 0. The lowest BCUT2D eigenvalue weighted by Gasteiger charge is -2.19. The lowest BCUT2D eigenvalue weighted by Crippen LogP contribution is -2.18. The van der Waals surface area contributed by atoms with E-state index >= 15 is 0 Å². The van der Waals surface area contributed by atoms with Crippen LogP contribution in [0.4, 0.5) is 17.2 Å². The van der Waals surface area contributed by atoms with Crippen LogP contribution in [0.15, 0.2) is 60.7 Å². The summed E-state index contributed by atoms with van der Waals surface area (Å²) in [4.78, 5) is 23.1. The number of carbonyl (C=O) groups excluding carboxylic acids is 1. The first-order valence-electron chi connectivity index (χ1n) is 8.03. The third-order valence-electron chi connectivity index (χ3n) is 3.84. The van der Waals surface area contributed by atoms with Gasteiger partial charge in [-0.3, -0.25) is 4.79 Å². The Kier molecular flexibility index (Phi) is 4.90. The standard InChI is InChI=1S/C20H17N5O/c1-14-22-18(20(26)24-17-11-7-6-8-15(17)13-21)12-19(23-14)25(2)16-9-4-3-5-10-16/h3-12H,1-2H3,(H,24,26). The molecule has 0 fully saturated rings. The van der Waals surface area contributed by atoms with Gasteiger partial charge in [-0.15, -0.1) is 0 Å². The van der Waals surface area contributed by atoms with E-state index < -0.39 is 0 Å². The number of aromatic nitrogens is 2. The largest absolute Gasteiger partial charge is 0.329 e. The lowest BCUT2D eigenvalue weighted by molar-refractivity contribution is 0.102. The molecule has 0 aliphatic heterocycles. The zero-order chi connectivity index (χ0) is 18.5. The predicted octanol–water partition coefficient (Wildman–Crippen LogP) is 3.68. The summed E-state index contributed by atoms with van der Waals surface area (Å²) in [5, 5.41) is 11.9. The van der Waals surface area contributed by atoms with E-state index in [9.17, 15) is 4.79 Å². The maximum absolute atomic E-state index is 12.6. The van der Waals surface area contributed by atoms with E-state index in [0.29, 0.717) is 22.9 Å². The summed E-state index contributed by atoms with van der Waals surface area (Å²) in [5.74, 6) is 0.715. The Hall–Kier alpha value is -3.72. The molecule has 26 heavy (non-hydrogen) atoms. The zero-order valence-electron chi connectivity index (χ0n) is 14.5. The number of nitrogens with zero attached hydrogens (tertiary/aromatic N) is 4. The average molecular weight is 343 g/mol. The highest BCUT2D eigenvalue weighted by atomic mass is 16.1. The Morgan fingerprint density at radius 3 is 2.50 bits per heavy atom. The van der Waals surface area contributed by atoms with Crippen LogP contribution < -0.4 is 10.2 Å². The predicted molar refractivity (Wildman–Crippen MR) is 100 cm³/mol. The van der Waals surface area contributed by atoms with E-state index in [0.717, 1.165) is 5.69 Å². The number of rotatable bonds is 4. The first-order chi connectivity index (χ1) is 12.6. The number of benzene rings is 2. The van der Waals surface area contributed by atoms with Crippen molar-refractivity contribution in [1.82, 2.24) is 9.97 Å². The van der Waals surface area contributed by atoms with Crippen molar-refractivity contribution in [3.05, 3.63) is 77.7 Å². The SMILES string of the molecule is Cc1nc(C(=O)Nc2ccccc2C#N)cc(N(C)c2ccccc2)n1. The smallest absolute Gasteiger partial charge is 0.274 e. The molecule has 0 aliphatic carbocycles. The van der Waals surface area contributed by atoms with Crippen molar-refractivity contribution in [2.75, 3.05) is 17.3 Å². The number of anilines is 3. The summed E-state index contributed by atoms with van der Waals surface area (Å²) in [6.45, 7) is 1.74. The van der Waals surface area contributed by atoms with Crippen molar-refractivity contribution in [1.29, 1.82) is 5.26 Å². The van der Waals surface area contributed by atoms with Crippen molar-refractivity contribution in [2.45, 2.75) is 6.92 Å². The first kappa shape index (κ1) is 17.1. The molecule has 2 aromatic carbocycles. The summed E-state index contributed by atoms with van der Waals surface area (Å²) in [7, 11) is 1.88. The Morgan fingerprint density at radius 2 is 1.77 bits per heavy atom. The Morgan fingerprint density at radius 1 is 1.08 bits per heavy atom. The number of nitrogens with one attached hydrogen (secondary N) is 1. The summed E-state index contributed by atoms with van der Waals surface area (Å²) in [6.07, 6.45) is 0. The van der Waals surface area contributed by atoms with Gasteiger partial charge in [-0.05, 0) is 31.2 Å². The molecule has 1 aromatic heterocycles. The molecule has 1 N–H and O–H groups in total. The van der Waals surface area contributed by atoms with E-state index in [4.69, 9.17) is 5.26 Å². The molecule has 128 valence electrons. The van der Waals surface area contributed by atoms with Gasteiger partial charge < -0.3 is 10.2 Å². The minimum atomic E-state index is -0.388. The lowest BCUT2D eigenvalue weighted by atomic mass is 10.2. The van der Waals surface area contributed by atoms with Crippen LogP contribution in [0, 0.1) is 18.3 Å². The van der Waals surface area contributed by atoms with Gasteiger partial charge in [0.15, 0.2) is 0 Å². The number of hydrogen-bond acceptors (Lipinski definition) is 5. The Balaban J connectivity index is 1.90. The molecular weight excluding hydrogens is 326 g/mol. The van der Waals surface area contributed by atoms with Crippen LogP contribution in [0.2, 0.25) is 0 Å². The van der Waals surface area contributed by atoms with Crippen molar-refractivity contribution in [3.8, 4) is 6.07 Å². The van der Waals surface area contributed by atoms with Crippen LogP contribution >= 0.6 is 0 Å². The van der Waals surface area contributed by atoms with Gasteiger partial charge in [0.05, 0.1) is 11.3 Å². The van der Waals surface area contributed by atoms with E-state index in [1.807, 2.05) is 42.3 Å². The molecule has 3 aromatic rings. The van der Waals surface area contributed by atoms with Gasteiger partial charge in [0.2, 0.25) is 0 Å². The molecule has 0 aliphatic rings. The fourth-order valence-corrected chi connectivity index (χ4v) is 2.50. The van der Waals surface area contributed by atoms with Gasteiger partial charge in [0, 0.05) is 18.8 Å². The molecule has 6 heteroatoms. The van der Waals surface area contributed by atoms with Crippen molar-refractivity contribution in [2.24, 2.45) is 0 Å². The van der Waals surface area contributed by atoms with Crippen LogP contribution in [0.5, 0.6) is 0 Å². The number of hydrogen-bond donors (Lipinski definition) is 1. The van der Waals surface area contributed by atoms with Gasteiger partial charge >= 0.3 is 0 Å². The molecule has 1 heterocycles. The summed E-state index contributed by atoms with van der Waals surface area (Å²) < 4.78 is 0. The number of para-hydroxylation sites is 2. The average Bonchev–Trinajstić information content (AvgIpc) is 2.68. The van der Waals surface area contributed by atoms with Gasteiger partial charge in [0.1, 0.15) is 23.4 Å². The van der Waals surface area contributed by atoms with E-state index in [1.165, 1.54) is 0 Å². The minimum Gasteiger partial charge on any atom is -0.329 e. The van der Waals surface area contributed by atoms with E-state index in [2.05, 4.69) is 21.4 Å². The number of amides is 1. The van der Waals surface area contributed by atoms with Gasteiger partial charge in [-0.1, -0.05) is 30.3 Å². The molecule has 0 saturated carbocycles. The van der Waals surface area contributed by atoms with Crippen LogP contribution in [0.3, 0.4) is 0 Å². The molecule has 0 radical (unpaired) electrons. The topological polar surface area (TPSA) is 81.9 Å². The number of aryl methyl sites for hydroxylation is 1. The maximum atomic E-state index is 12.6. The molecule has 1 amide bonds. The van der Waals surface area contributed by atoms with Crippen molar-refractivity contribution in [3.63, 3.8) is 0 Å². The number of carbonyl (C=O) groups is 1. The second-order valence-corrected chi connectivity index (χ2v) is 5.66. The molecule has 3 rings (SSSR count). The third kappa shape index (κ3) is 3.68. The van der Waals surface area contributed by atoms with Gasteiger partial charge in [-0.2, -0.15) is 5.26 Å². The van der Waals surface area contributed by atoms with Crippen LogP contribution in [-0.2, 0) is 0 Å². The highest BCUT2D eigenvalue weighted by Crippen LogP contribution is 2.22. The van der Waals surface area contributed by atoms with Crippen LogP contribution in [0.25, 0.3) is 0 Å². The minimum absolute atomic E-state index is 0.239. The summed E-state index contributed by atoms with van der Waals surface area (Å²) in [5.41, 5.74) is 2.04. The van der Waals surface area contributed by atoms with Crippen molar-refractivity contribution >= 4 is 23.1 Å². The normalized spacial score (nSPS) is 10.0. The highest BCUT2D eigenvalue weighted by Gasteiger charge is 2.15. The van der Waals surface area contributed by atoms with E-state index in [-0.39, 0.29) is 11.6 Å². The number of nitriles is 1. The molecule has 0 bridgehead atoms.